The molecule has 0 saturated carbocycles. The zero-order valence-electron chi connectivity index (χ0n) is 10.8. The number of nitrogens with zero attached hydrogens (tertiary/aromatic N) is 5. The lowest BCUT2D eigenvalue weighted by molar-refractivity contribution is 0.0939. The first-order chi connectivity index (χ1) is 10.1. The summed E-state index contributed by atoms with van der Waals surface area (Å²) in [6.07, 6.45) is 0. The highest BCUT2D eigenvalue weighted by Gasteiger charge is 2.15. The maximum atomic E-state index is 11.8. The molecule has 8 nitrogen and oxygen atoms in total. The first kappa shape index (κ1) is 13.7. The molecule has 0 atom stereocenters. The predicted molar refractivity (Wildman–Crippen MR) is 74.8 cm³/mol. The molecular weight excluding hydrogens is 316 g/mol. The summed E-state index contributed by atoms with van der Waals surface area (Å²) in [6.45, 7) is 0.115. The first-order valence-corrected chi connectivity index (χ1v) is 7.10. The van der Waals surface area contributed by atoms with Crippen molar-refractivity contribution in [1.29, 1.82) is 0 Å². The zero-order chi connectivity index (χ0) is 14.8. The Kier molecular flexibility index (Phi) is 3.67. The summed E-state index contributed by atoms with van der Waals surface area (Å²) in [5.41, 5.74) is 0. The van der Waals surface area contributed by atoms with Crippen molar-refractivity contribution in [2.24, 2.45) is 7.05 Å². The third-order valence-electron chi connectivity index (χ3n) is 2.52. The van der Waals surface area contributed by atoms with Gasteiger partial charge in [0.2, 0.25) is 11.1 Å². The molecular formula is C11H9ClN6O2S. The summed E-state index contributed by atoms with van der Waals surface area (Å²) in [5, 5.41) is 12.3. The number of nitrogens with one attached hydrogen (secondary N) is 1. The van der Waals surface area contributed by atoms with Crippen LogP contribution in [0.3, 0.4) is 0 Å². The SMILES string of the molecule is Cn1nc(C(=O)NCc2noc(-c3cccs3)n2)nc1Cl. The number of hydrogen-bond acceptors (Lipinski definition) is 7. The number of halogens is 1. The minimum atomic E-state index is -0.458. The van der Waals surface area contributed by atoms with Crippen LogP contribution in [0.1, 0.15) is 16.4 Å². The number of rotatable bonds is 4. The van der Waals surface area contributed by atoms with Crippen LogP contribution in [0.15, 0.2) is 22.0 Å². The van der Waals surface area contributed by atoms with Crippen LogP contribution in [0.4, 0.5) is 0 Å². The van der Waals surface area contributed by atoms with Gasteiger partial charge in [0.15, 0.2) is 5.82 Å². The Morgan fingerprint density at radius 1 is 1.52 bits per heavy atom. The predicted octanol–water partition coefficient (Wildman–Crippen LogP) is 1.51. The van der Waals surface area contributed by atoms with Crippen molar-refractivity contribution in [3.05, 3.63) is 34.4 Å². The van der Waals surface area contributed by atoms with E-state index in [0.717, 1.165) is 4.88 Å². The first-order valence-electron chi connectivity index (χ1n) is 5.84. The molecule has 0 aliphatic heterocycles. The third kappa shape index (κ3) is 2.93. The molecule has 0 radical (unpaired) electrons. The van der Waals surface area contributed by atoms with Crippen LogP contribution < -0.4 is 5.32 Å². The van der Waals surface area contributed by atoms with Gasteiger partial charge in [0.25, 0.3) is 11.8 Å². The van der Waals surface area contributed by atoms with Crippen molar-refractivity contribution >= 4 is 28.8 Å². The number of amides is 1. The van der Waals surface area contributed by atoms with Gasteiger partial charge in [-0.1, -0.05) is 11.2 Å². The molecule has 0 aliphatic carbocycles. The number of hydrogen-bond donors (Lipinski definition) is 1. The van der Waals surface area contributed by atoms with Gasteiger partial charge in [-0.3, -0.25) is 4.79 Å². The van der Waals surface area contributed by atoms with Crippen molar-refractivity contribution in [2.75, 3.05) is 0 Å². The number of aryl methyl sites for hydroxylation is 1. The number of carbonyl (C=O) groups excluding carboxylic acids is 1. The number of carbonyl (C=O) groups is 1. The highest BCUT2D eigenvalue weighted by Crippen LogP contribution is 2.22. The van der Waals surface area contributed by atoms with Gasteiger partial charge in [0.05, 0.1) is 11.4 Å². The summed E-state index contributed by atoms with van der Waals surface area (Å²) in [7, 11) is 1.60. The van der Waals surface area contributed by atoms with Crippen molar-refractivity contribution < 1.29 is 9.32 Å². The molecule has 3 heterocycles. The van der Waals surface area contributed by atoms with Crippen LogP contribution >= 0.6 is 22.9 Å². The number of aromatic nitrogens is 5. The van der Waals surface area contributed by atoms with Gasteiger partial charge < -0.3 is 9.84 Å². The van der Waals surface area contributed by atoms with Crippen LogP contribution in [0, 0.1) is 0 Å². The zero-order valence-corrected chi connectivity index (χ0v) is 12.4. The molecule has 0 unspecified atom stereocenters. The summed E-state index contributed by atoms with van der Waals surface area (Å²) in [4.78, 5) is 20.7. The van der Waals surface area contributed by atoms with Crippen LogP contribution in [-0.2, 0) is 13.6 Å². The van der Waals surface area contributed by atoms with Gasteiger partial charge in [0, 0.05) is 7.05 Å². The normalized spacial score (nSPS) is 10.8. The average Bonchev–Trinajstić information content (AvgIpc) is 3.17. The molecule has 21 heavy (non-hydrogen) atoms. The minimum Gasteiger partial charge on any atom is -0.342 e. The van der Waals surface area contributed by atoms with E-state index in [4.69, 9.17) is 16.1 Å². The van der Waals surface area contributed by atoms with E-state index in [-0.39, 0.29) is 17.7 Å². The summed E-state index contributed by atoms with van der Waals surface area (Å²) in [6, 6.07) is 3.77. The number of thiophene rings is 1. The van der Waals surface area contributed by atoms with E-state index in [1.807, 2.05) is 17.5 Å². The molecule has 0 aliphatic rings. The van der Waals surface area contributed by atoms with E-state index >= 15 is 0 Å². The molecule has 1 amide bonds. The smallest absolute Gasteiger partial charge is 0.291 e. The second kappa shape index (κ2) is 5.62. The quantitative estimate of drug-likeness (QED) is 0.781. The van der Waals surface area contributed by atoms with E-state index in [1.165, 1.54) is 16.0 Å². The fourth-order valence-corrected chi connectivity index (χ4v) is 2.29. The van der Waals surface area contributed by atoms with E-state index < -0.39 is 5.91 Å². The Morgan fingerprint density at radius 3 is 3.05 bits per heavy atom. The topological polar surface area (TPSA) is 98.7 Å². The fourth-order valence-electron chi connectivity index (χ4n) is 1.53. The Balaban J connectivity index is 1.64. The van der Waals surface area contributed by atoms with Crippen LogP contribution in [0.2, 0.25) is 5.28 Å². The molecule has 0 bridgehead atoms. The van der Waals surface area contributed by atoms with Crippen molar-refractivity contribution in [1.82, 2.24) is 30.2 Å². The molecule has 3 rings (SSSR count). The fraction of sp³-hybridized carbons (Fsp3) is 0.182. The van der Waals surface area contributed by atoms with Crippen LogP contribution in [0.25, 0.3) is 10.8 Å². The Bertz CT molecular complexity index is 746. The average molecular weight is 325 g/mol. The summed E-state index contributed by atoms with van der Waals surface area (Å²) >= 11 is 7.22. The molecule has 3 aromatic rings. The van der Waals surface area contributed by atoms with E-state index in [1.54, 1.807) is 7.05 Å². The van der Waals surface area contributed by atoms with Gasteiger partial charge in [-0.2, -0.15) is 9.97 Å². The highest BCUT2D eigenvalue weighted by molar-refractivity contribution is 7.13. The maximum absolute atomic E-state index is 11.8. The van der Waals surface area contributed by atoms with E-state index in [9.17, 15) is 4.79 Å². The molecule has 0 fully saturated rings. The maximum Gasteiger partial charge on any atom is 0.291 e. The molecule has 108 valence electrons. The Morgan fingerprint density at radius 2 is 2.38 bits per heavy atom. The van der Waals surface area contributed by atoms with E-state index in [2.05, 4.69) is 25.5 Å². The molecule has 0 aromatic carbocycles. The molecule has 0 saturated heterocycles. The Labute approximate surface area is 127 Å². The van der Waals surface area contributed by atoms with Gasteiger partial charge in [-0.15, -0.1) is 16.4 Å². The molecule has 10 heteroatoms. The Hall–Kier alpha value is -2.26. The summed E-state index contributed by atoms with van der Waals surface area (Å²) < 4.78 is 6.42. The van der Waals surface area contributed by atoms with Crippen LogP contribution in [-0.4, -0.2) is 30.8 Å². The second-order valence-corrected chi connectivity index (χ2v) is 5.29. The van der Waals surface area contributed by atoms with Crippen molar-refractivity contribution in [2.45, 2.75) is 6.54 Å². The lowest BCUT2D eigenvalue weighted by Crippen LogP contribution is -2.24. The minimum absolute atomic E-state index is 0.00975. The van der Waals surface area contributed by atoms with Gasteiger partial charge in [-0.25, -0.2) is 4.68 Å². The van der Waals surface area contributed by atoms with Crippen molar-refractivity contribution in [3.63, 3.8) is 0 Å². The molecule has 0 spiro atoms. The summed E-state index contributed by atoms with van der Waals surface area (Å²) in [5.74, 6) is 0.325. The van der Waals surface area contributed by atoms with E-state index in [0.29, 0.717) is 11.7 Å². The van der Waals surface area contributed by atoms with Gasteiger partial charge in [0.1, 0.15) is 0 Å². The van der Waals surface area contributed by atoms with Crippen molar-refractivity contribution in [3.8, 4) is 10.8 Å². The molecule has 1 N–H and O–H groups in total. The van der Waals surface area contributed by atoms with Gasteiger partial charge in [-0.05, 0) is 23.0 Å². The van der Waals surface area contributed by atoms with Gasteiger partial charge >= 0.3 is 0 Å². The largest absolute Gasteiger partial charge is 0.342 e. The third-order valence-corrected chi connectivity index (χ3v) is 3.71. The lowest BCUT2D eigenvalue weighted by atomic mass is 10.4. The van der Waals surface area contributed by atoms with Crippen LogP contribution in [0.5, 0.6) is 0 Å². The highest BCUT2D eigenvalue weighted by atomic mass is 35.5. The standard InChI is InChI=1S/C11H9ClN6O2S/c1-18-11(12)15-8(16-18)9(19)13-5-7-14-10(20-17-7)6-3-2-4-21-6/h2-4H,5H2,1H3,(H,13,19). The molecule has 3 aromatic heterocycles. The lowest BCUT2D eigenvalue weighted by Gasteiger charge is -1.96. The second-order valence-electron chi connectivity index (χ2n) is 4.00. The monoisotopic (exact) mass is 324 g/mol.